The summed E-state index contributed by atoms with van der Waals surface area (Å²) in [5, 5.41) is 6.22. The fourth-order valence-corrected chi connectivity index (χ4v) is 2.83. The highest BCUT2D eigenvalue weighted by Crippen LogP contribution is 2.19. The molecule has 4 nitrogen and oxygen atoms in total. The van der Waals surface area contributed by atoms with Crippen LogP contribution in [0.15, 0.2) is 0 Å². The van der Waals surface area contributed by atoms with Crippen LogP contribution in [-0.4, -0.2) is 37.7 Å². The Morgan fingerprint density at radius 2 is 1.84 bits per heavy atom. The van der Waals surface area contributed by atoms with E-state index in [0.29, 0.717) is 19.3 Å². The van der Waals surface area contributed by atoms with Crippen molar-refractivity contribution in [3.05, 3.63) is 0 Å². The topological polar surface area (TPSA) is 50.4 Å². The van der Waals surface area contributed by atoms with Crippen LogP contribution in [0.25, 0.3) is 0 Å². The van der Waals surface area contributed by atoms with Crippen molar-refractivity contribution >= 4 is 18.3 Å². The van der Waals surface area contributed by atoms with E-state index in [2.05, 4.69) is 10.6 Å². The van der Waals surface area contributed by atoms with Crippen molar-refractivity contribution in [2.45, 2.75) is 63.5 Å². The summed E-state index contributed by atoms with van der Waals surface area (Å²) in [5.74, 6) is 0.141. The highest BCUT2D eigenvalue weighted by Gasteiger charge is 2.20. The molecular weight excluding hydrogens is 264 g/mol. The zero-order chi connectivity index (χ0) is 12.6. The van der Waals surface area contributed by atoms with Crippen LogP contribution in [0.2, 0.25) is 0 Å². The number of carbonyl (C=O) groups excluding carboxylic acids is 1. The molecule has 0 unspecified atom stereocenters. The summed E-state index contributed by atoms with van der Waals surface area (Å²) < 4.78 is 5.79. The summed E-state index contributed by atoms with van der Waals surface area (Å²) in [6, 6.07) is 0.0217. The number of nitrogens with one attached hydrogen (secondary N) is 2. The van der Waals surface area contributed by atoms with E-state index in [1.54, 1.807) is 0 Å². The molecule has 112 valence electrons. The average molecular weight is 291 g/mol. The first-order chi connectivity index (χ1) is 8.86. The first-order valence-electron chi connectivity index (χ1n) is 7.49. The highest BCUT2D eigenvalue weighted by atomic mass is 35.5. The minimum absolute atomic E-state index is 0. The Morgan fingerprint density at radius 3 is 2.53 bits per heavy atom. The van der Waals surface area contributed by atoms with Gasteiger partial charge in [-0.1, -0.05) is 25.7 Å². The summed E-state index contributed by atoms with van der Waals surface area (Å²) in [6.07, 6.45) is 10.1. The fourth-order valence-electron chi connectivity index (χ4n) is 2.83. The second-order valence-electron chi connectivity index (χ2n) is 5.42. The molecule has 2 rings (SSSR count). The van der Waals surface area contributed by atoms with Crippen LogP contribution in [0.3, 0.4) is 0 Å². The van der Waals surface area contributed by atoms with Crippen molar-refractivity contribution in [3.8, 4) is 0 Å². The van der Waals surface area contributed by atoms with Crippen LogP contribution in [0.5, 0.6) is 0 Å². The lowest BCUT2D eigenvalue weighted by atomic mass is 9.98. The Bertz CT molecular complexity index is 252. The van der Waals surface area contributed by atoms with E-state index in [4.69, 9.17) is 4.74 Å². The number of piperidine rings is 1. The van der Waals surface area contributed by atoms with Crippen LogP contribution >= 0.6 is 12.4 Å². The maximum absolute atomic E-state index is 11.8. The molecule has 1 aliphatic heterocycles. The van der Waals surface area contributed by atoms with E-state index in [-0.39, 0.29) is 24.4 Å². The zero-order valence-corrected chi connectivity index (χ0v) is 12.5. The molecule has 0 aromatic carbocycles. The minimum atomic E-state index is 0. The molecule has 2 aliphatic rings. The van der Waals surface area contributed by atoms with Crippen molar-refractivity contribution in [2.75, 3.05) is 19.7 Å². The summed E-state index contributed by atoms with van der Waals surface area (Å²) in [5.41, 5.74) is 0. The molecule has 2 fully saturated rings. The number of carbonyl (C=O) groups is 1. The maximum Gasteiger partial charge on any atom is 0.237 e. The largest absolute Gasteiger partial charge is 0.376 e. The van der Waals surface area contributed by atoms with Crippen LogP contribution in [-0.2, 0) is 9.53 Å². The van der Waals surface area contributed by atoms with Gasteiger partial charge in [0.05, 0.1) is 18.8 Å². The molecule has 0 radical (unpaired) electrons. The van der Waals surface area contributed by atoms with E-state index in [0.717, 1.165) is 19.4 Å². The highest BCUT2D eigenvalue weighted by molar-refractivity contribution is 5.85. The first-order valence-corrected chi connectivity index (χ1v) is 7.49. The van der Waals surface area contributed by atoms with Crippen molar-refractivity contribution < 1.29 is 9.53 Å². The maximum atomic E-state index is 11.8. The van der Waals surface area contributed by atoms with Gasteiger partial charge in [-0.2, -0.15) is 0 Å². The van der Waals surface area contributed by atoms with Gasteiger partial charge < -0.3 is 15.4 Å². The molecular formula is C14H27ClN2O2. The number of halogens is 1. The molecule has 0 aromatic heterocycles. The number of ether oxygens (including phenoxy) is 1. The van der Waals surface area contributed by atoms with Gasteiger partial charge in [-0.15, -0.1) is 12.4 Å². The van der Waals surface area contributed by atoms with E-state index < -0.39 is 0 Å². The third-order valence-corrected chi connectivity index (χ3v) is 3.93. The van der Waals surface area contributed by atoms with Gasteiger partial charge in [0.15, 0.2) is 0 Å². The van der Waals surface area contributed by atoms with Gasteiger partial charge in [0.1, 0.15) is 0 Å². The predicted molar refractivity (Wildman–Crippen MR) is 78.7 cm³/mol. The average Bonchev–Trinajstić information content (AvgIpc) is 2.45. The smallest absolute Gasteiger partial charge is 0.237 e. The van der Waals surface area contributed by atoms with E-state index in [1.165, 1.54) is 38.5 Å². The van der Waals surface area contributed by atoms with E-state index in [9.17, 15) is 4.79 Å². The minimum Gasteiger partial charge on any atom is -0.376 e. The zero-order valence-electron chi connectivity index (χ0n) is 11.7. The lowest BCUT2D eigenvalue weighted by molar-refractivity contribution is -0.124. The number of hydrogen-bond acceptors (Lipinski definition) is 3. The summed E-state index contributed by atoms with van der Waals surface area (Å²) in [4.78, 5) is 11.8. The Morgan fingerprint density at radius 1 is 1.11 bits per heavy atom. The van der Waals surface area contributed by atoms with Gasteiger partial charge in [0.25, 0.3) is 0 Å². The molecule has 1 saturated carbocycles. The van der Waals surface area contributed by atoms with Crippen LogP contribution < -0.4 is 10.6 Å². The Hall–Kier alpha value is -0.320. The molecule has 19 heavy (non-hydrogen) atoms. The third kappa shape index (κ3) is 6.11. The molecule has 0 spiro atoms. The van der Waals surface area contributed by atoms with Gasteiger partial charge in [0.2, 0.25) is 5.91 Å². The predicted octanol–water partition coefficient (Wildman–Crippen LogP) is 2.02. The standard InChI is InChI=1S/C14H26N2O2.ClH/c17-14(13-8-4-5-9-15-13)16-10-11-18-12-6-2-1-3-7-12;/h12-13,15H,1-11H2,(H,16,17);1H/t13-;/m0./s1. The van der Waals surface area contributed by atoms with Crippen molar-refractivity contribution in [3.63, 3.8) is 0 Å². The van der Waals surface area contributed by atoms with Crippen LogP contribution in [0.4, 0.5) is 0 Å². The van der Waals surface area contributed by atoms with Crippen molar-refractivity contribution in [2.24, 2.45) is 0 Å². The number of amides is 1. The molecule has 2 N–H and O–H groups in total. The second-order valence-corrected chi connectivity index (χ2v) is 5.42. The lowest BCUT2D eigenvalue weighted by Gasteiger charge is -2.24. The molecule has 0 aromatic rings. The SMILES string of the molecule is Cl.O=C(NCCOC1CCCCC1)[C@@H]1CCCCN1. The van der Waals surface area contributed by atoms with Crippen molar-refractivity contribution in [1.82, 2.24) is 10.6 Å². The summed E-state index contributed by atoms with van der Waals surface area (Å²) in [7, 11) is 0. The molecule has 5 heteroatoms. The van der Waals surface area contributed by atoms with Gasteiger partial charge in [-0.25, -0.2) is 0 Å². The summed E-state index contributed by atoms with van der Waals surface area (Å²) in [6.45, 7) is 2.27. The van der Waals surface area contributed by atoms with E-state index >= 15 is 0 Å². The van der Waals surface area contributed by atoms with Gasteiger partial charge >= 0.3 is 0 Å². The second kappa shape index (κ2) is 9.56. The van der Waals surface area contributed by atoms with Gasteiger partial charge in [0, 0.05) is 6.54 Å². The molecule has 1 amide bonds. The van der Waals surface area contributed by atoms with Gasteiger partial charge in [-0.3, -0.25) is 4.79 Å². The monoisotopic (exact) mass is 290 g/mol. The molecule has 1 heterocycles. The normalized spacial score (nSPS) is 24.5. The number of hydrogen-bond donors (Lipinski definition) is 2. The third-order valence-electron chi connectivity index (χ3n) is 3.93. The molecule has 1 atom stereocenters. The first kappa shape index (κ1) is 16.7. The number of rotatable bonds is 5. The lowest BCUT2D eigenvalue weighted by Crippen LogP contribution is -2.47. The molecule has 0 bridgehead atoms. The molecule has 1 saturated heterocycles. The van der Waals surface area contributed by atoms with E-state index in [1.807, 2.05) is 0 Å². The Labute approximate surface area is 122 Å². The fraction of sp³-hybridized carbons (Fsp3) is 0.929. The molecule has 1 aliphatic carbocycles. The quantitative estimate of drug-likeness (QED) is 0.762. The Kier molecular flexibility index (Phi) is 8.42. The van der Waals surface area contributed by atoms with Crippen LogP contribution in [0.1, 0.15) is 51.4 Å². The van der Waals surface area contributed by atoms with Gasteiger partial charge in [-0.05, 0) is 32.2 Å². The Balaban J connectivity index is 0.00000180. The van der Waals surface area contributed by atoms with Crippen LogP contribution in [0, 0.1) is 0 Å². The van der Waals surface area contributed by atoms with Crippen molar-refractivity contribution in [1.29, 1.82) is 0 Å². The summed E-state index contributed by atoms with van der Waals surface area (Å²) >= 11 is 0.